The summed E-state index contributed by atoms with van der Waals surface area (Å²) < 4.78 is 12.2. The Morgan fingerprint density at radius 3 is 2.65 bits per heavy atom. The third kappa shape index (κ3) is 4.54. The Morgan fingerprint density at radius 2 is 1.97 bits per heavy atom. The van der Waals surface area contributed by atoms with Crippen molar-refractivity contribution in [1.29, 1.82) is 0 Å². The third-order valence-electron chi connectivity index (χ3n) is 6.66. The number of nitrogens with one attached hydrogen (secondary N) is 1. The summed E-state index contributed by atoms with van der Waals surface area (Å²) in [5, 5.41) is 2.93. The van der Waals surface area contributed by atoms with Crippen molar-refractivity contribution in [3.05, 3.63) is 23.8 Å². The summed E-state index contributed by atoms with van der Waals surface area (Å²) in [6, 6.07) is 5.07. The second-order valence-electron chi connectivity index (χ2n) is 8.99. The van der Waals surface area contributed by atoms with E-state index < -0.39 is 0 Å². The van der Waals surface area contributed by atoms with Gasteiger partial charge in [0.05, 0.1) is 24.1 Å². The van der Waals surface area contributed by atoms with Crippen LogP contribution in [0.3, 0.4) is 0 Å². The molecule has 1 saturated carbocycles. The van der Waals surface area contributed by atoms with Crippen molar-refractivity contribution < 1.29 is 23.9 Å². The Kier molecular flexibility index (Phi) is 6.18. The van der Waals surface area contributed by atoms with Gasteiger partial charge in [0.15, 0.2) is 0 Å². The van der Waals surface area contributed by atoms with Gasteiger partial charge in [0.2, 0.25) is 11.8 Å². The fraction of sp³-hybridized carbons (Fsp3) is 0.609. The van der Waals surface area contributed by atoms with Crippen LogP contribution in [0.25, 0.3) is 0 Å². The molecule has 8 nitrogen and oxygen atoms in total. The summed E-state index contributed by atoms with van der Waals surface area (Å²) in [7, 11) is 5.25. The van der Waals surface area contributed by atoms with Gasteiger partial charge in [0.1, 0.15) is 18.5 Å². The normalized spacial score (nSPS) is 25.8. The molecule has 0 spiro atoms. The van der Waals surface area contributed by atoms with Crippen molar-refractivity contribution in [2.75, 3.05) is 33.1 Å². The number of carbonyl (C=O) groups is 3. The van der Waals surface area contributed by atoms with Gasteiger partial charge in [0.25, 0.3) is 5.91 Å². The molecule has 0 radical (unpaired) electrons. The minimum Gasteiger partial charge on any atom is -0.490 e. The zero-order valence-electron chi connectivity index (χ0n) is 18.4. The van der Waals surface area contributed by atoms with Gasteiger partial charge in [-0.15, -0.1) is 0 Å². The maximum absolute atomic E-state index is 13.2. The number of nitrogens with zero attached hydrogens (tertiary/aromatic N) is 2. The van der Waals surface area contributed by atoms with Gasteiger partial charge < -0.3 is 24.6 Å². The highest BCUT2D eigenvalue weighted by atomic mass is 16.5. The number of carbonyl (C=O) groups excluding carboxylic acids is 3. The van der Waals surface area contributed by atoms with Crippen LogP contribution in [0.4, 0.5) is 5.69 Å². The van der Waals surface area contributed by atoms with Crippen molar-refractivity contribution in [3.8, 4) is 5.75 Å². The molecule has 168 valence electrons. The van der Waals surface area contributed by atoms with E-state index in [0.717, 1.165) is 25.7 Å². The molecule has 4 rings (SSSR count). The third-order valence-corrected chi connectivity index (χ3v) is 6.66. The summed E-state index contributed by atoms with van der Waals surface area (Å²) in [5.74, 6) is 0.436. The Bertz CT molecular complexity index is 867. The van der Waals surface area contributed by atoms with Gasteiger partial charge in [-0.3, -0.25) is 14.4 Å². The summed E-state index contributed by atoms with van der Waals surface area (Å²) in [6.07, 6.45) is 4.25. The first-order valence-electron chi connectivity index (χ1n) is 11.0. The molecule has 3 atom stereocenters. The number of fused-ring (bicyclic) bond motifs is 2. The largest absolute Gasteiger partial charge is 0.490 e. The predicted octanol–water partition coefficient (Wildman–Crippen LogP) is 2.28. The molecular weight excluding hydrogens is 398 g/mol. The first kappa shape index (κ1) is 21.6. The van der Waals surface area contributed by atoms with E-state index in [4.69, 9.17) is 9.47 Å². The molecule has 1 aromatic rings. The predicted molar refractivity (Wildman–Crippen MR) is 115 cm³/mol. The van der Waals surface area contributed by atoms with Crippen LogP contribution in [0.2, 0.25) is 0 Å². The average molecular weight is 430 g/mol. The van der Waals surface area contributed by atoms with Crippen LogP contribution in [0, 0.1) is 5.92 Å². The zero-order chi connectivity index (χ0) is 22.1. The van der Waals surface area contributed by atoms with E-state index in [1.807, 2.05) is 0 Å². The minimum absolute atomic E-state index is 0.0119. The van der Waals surface area contributed by atoms with Crippen LogP contribution < -0.4 is 10.1 Å². The number of rotatable bonds is 4. The van der Waals surface area contributed by atoms with Crippen LogP contribution in [-0.4, -0.2) is 73.5 Å². The maximum Gasteiger partial charge on any atom is 0.257 e. The molecule has 1 aliphatic carbocycles. The summed E-state index contributed by atoms with van der Waals surface area (Å²) in [5.41, 5.74) is 1.05. The van der Waals surface area contributed by atoms with Gasteiger partial charge in [-0.25, -0.2) is 0 Å². The van der Waals surface area contributed by atoms with Crippen molar-refractivity contribution >= 4 is 23.4 Å². The molecule has 1 saturated heterocycles. The first-order valence-corrected chi connectivity index (χ1v) is 11.0. The minimum atomic E-state index is -0.297. The molecule has 3 amide bonds. The van der Waals surface area contributed by atoms with Gasteiger partial charge >= 0.3 is 0 Å². The Balaban J connectivity index is 1.48. The van der Waals surface area contributed by atoms with E-state index in [1.54, 1.807) is 49.1 Å². The lowest BCUT2D eigenvalue weighted by molar-refractivity contribution is -0.140. The average Bonchev–Trinajstić information content (AvgIpc) is 2.69. The molecule has 0 aromatic heterocycles. The standard InChI is InChI=1S/C23H31N3O5/c1-25(2)21(27)12-16-8-9-18-20(31-16)13-30-19-10-7-15(11-17(19)23(29)26(18)3)24-22(28)14-5-4-6-14/h7,10-11,14,16,18,20H,4-6,8-9,12-13H2,1-3H3,(H,24,28)/t16-,18-,20+/m1/s1. The lowest BCUT2D eigenvalue weighted by Crippen LogP contribution is -2.53. The second-order valence-corrected chi connectivity index (χ2v) is 8.99. The number of hydrogen-bond donors (Lipinski definition) is 1. The lowest BCUT2D eigenvalue weighted by Gasteiger charge is -2.42. The molecule has 0 unspecified atom stereocenters. The van der Waals surface area contributed by atoms with Crippen LogP contribution >= 0.6 is 0 Å². The van der Waals surface area contributed by atoms with E-state index in [-0.39, 0.29) is 41.9 Å². The highest BCUT2D eigenvalue weighted by Gasteiger charge is 2.39. The number of amides is 3. The molecule has 3 aliphatic rings. The number of benzene rings is 1. The number of ether oxygens (including phenoxy) is 2. The van der Waals surface area contributed by atoms with Crippen molar-refractivity contribution in [3.63, 3.8) is 0 Å². The molecule has 0 bridgehead atoms. The van der Waals surface area contributed by atoms with Gasteiger partial charge in [-0.05, 0) is 43.9 Å². The summed E-state index contributed by atoms with van der Waals surface area (Å²) in [6.45, 7) is 0.301. The molecule has 2 heterocycles. The van der Waals surface area contributed by atoms with E-state index in [1.165, 1.54) is 0 Å². The monoisotopic (exact) mass is 429 g/mol. The van der Waals surface area contributed by atoms with Crippen LogP contribution in [0.5, 0.6) is 5.75 Å². The van der Waals surface area contributed by atoms with Crippen molar-refractivity contribution in [1.82, 2.24) is 9.80 Å². The molecule has 2 fully saturated rings. The first-order chi connectivity index (χ1) is 14.8. The number of hydrogen-bond acceptors (Lipinski definition) is 5. The maximum atomic E-state index is 13.2. The van der Waals surface area contributed by atoms with Gasteiger partial charge in [0, 0.05) is 32.7 Å². The molecule has 2 aliphatic heterocycles. The Labute approximate surface area is 182 Å². The molecule has 8 heteroatoms. The fourth-order valence-electron chi connectivity index (χ4n) is 4.40. The molecular formula is C23H31N3O5. The van der Waals surface area contributed by atoms with E-state index in [9.17, 15) is 14.4 Å². The molecule has 1 N–H and O–H groups in total. The van der Waals surface area contributed by atoms with Crippen molar-refractivity contribution in [2.24, 2.45) is 5.92 Å². The Morgan fingerprint density at radius 1 is 1.19 bits per heavy atom. The molecule has 1 aromatic carbocycles. The Hall–Kier alpha value is -2.61. The summed E-state index contributed by atoms with van der Waals surface area (Å²) in [4.78, 5) is 40.9. The van der Waals surface area contributed by atoms with Crippen LogP contribution in [-0.2, 0) is 14.3 Å². The lowest BCUT2D eigenvalue weighted by atomic mass is 9.85. The van der Waals surface area contributed by atoms with Gasteiger partial charge in [-0.2, -0.15) is 0 Å². The fourth-order valence-corrected chi connectivity index (χ4v) is 4.40. The highest BCUT2D eigenvalue weighted by Crippen LogP contribution is 2.33. The number of likely N-dealkylation sites (N-methyl/N-ethyl adjacent to an activating group) is 1. The highest BCUT2D eigenvalue weighted by molar-refractivity contribution is 6.00. The van der Waals surface area contributed by atoms with Crippen molar-refractivity contribution in [2.45, 2.75) is 56.8 Å². The van der Waals surface area contributed by atoms with E-state index in [0.29, 0.717) is 36.4 Å². The zero-order valence-corrected chi connectivity index (χ0v) is 18.4. The second kappa shape index (κ2) is 8.86. The van der Waals surface area contributed by atoms with Crippen LogP contribution in [0.1, 0.15) is 48.9 Å². The van der Waals surface area contributed by atoms with Crippen LogP contribution in [0.15, 0.2) is 18.2 Å². The van der Waals surface area contributed by atoms with E-state index in [2.05, 4.69) is 5.32 Å². The van der Waals surface area contributed by atoms with E-state index >= 15 is 0 Å². The quantitative estimate of drug-likeness (QED) is 0.793. The molecule has 31 heavy (non-hydrogen) atoms. The SMILES string of the molecule is CN(C)C(=O)C[C@H]1CC[C@@H]2[C@H](COc3ccc(NC(=O)C4CCC4)cc3C(=O)N2C)O1. The smallest absolute Gasteiger partial charge is 0.257 e. The topological polar surface area (TPSA) is 88.2 Å². The van der Waals surface area contributed by atoms with Gasteiger partial charge in [-0.1, -0.05) is 6.42 Å². The number of anilines is 1. The summed E-state index contributed by atoms with van der Waals surface area (Å²) >= 11 is 0.